The van der Waals surface area contributed by atoms with Gasteiger partial charge in [0.05, 0.1) is 0 Å². The van der Waals surface area contributed by atoms with Crippen LogP contribution >= 0.6 is 0 Å². The second kappa shape index (κ2) is 7.10. The van der Waals surface area contributed by atoms with Crippen LogP contribution in [0.1, 0.15) is 47.0 Å². The highest BCUT2D eigenvalue weighted by Gasteiger charge is 2.19. The molecule has 1 amide bonds. The first-order valence-corrected chi connectivity index (χ1v) is 7.17. The normalized spacial score (nSPS) is 18.9. The zero-order valence-electron chi connectivity index (χ0n) is 12.4. The van der Waals surface area contributed by atoms with Crippen molar-refractivity contribution < 1.29 is 4.79 Å². The molecule has 4 heteroatoms. The first-order chi connectivity index (χ1) is 8.40. The van der Waals surface area contributed by atoms with Crippen LogP contribution in [0.3, 0.4) is 0 Å². The Kier molecular flexibility index (Phi) is 6.09. The van der Waals surface area contributed by atoms with Crippen molar-refractivity contribution in [3.8, 4) is 0 Å². The highest BCUT2D eigenvalue weighted by atomic mass is 16.1. The van der Waals surface area contributed by atoms with Gasteiger partial charge in [0.2, 0.25) is 5.91 Å². The molecule has 0 bridgehead atoms. The number of piperidine rings is 1. The second-order valence-corrected chi connectivity index (χ2v) is 6.20. The summed E-state index contributed by atoms with van der Waals surface area (Å²) in [6.45, 7) is 12.6. The molecular formula is C14H29N3O. The molecule has 4 nitrogen and oxygen atoms in total. The lowest BCUT2D eigenvalue weighted by molar-refractivity contribution is -0.122. The van der Waals surface area contributed by atoms with Gasteiger partial charge < -0.3 is 15.5 Å². The van der Waals surface area contributed by atoms with Crippen molar-refractivity contribution in [3.05, 3.63) is 0 Å². The van der Waals surface area contributed by atoms with Crippen LogP contribution < -0.4 is 10.6 Å². The summed E-state index contributed by atoms with van der Waals surface area (Å²) < 4.78 is 0. The van der Waals surface area contributed by atoms with E-state index in [1.807, 2.05) is 0 Å². The van der Waals surface area contributed by atoms with E-state index in [4.69, 9.17) is 0 Å². The minimum absolute atomic E-state index is 0.0900. The molecule has 0 radical (unpaired) electrons. The van der Waals surface area contributed by atoms with Crippen LogP contribution in [-0.4, -0.2) is 48.6 Å². The molecule has 0 aromatic heterocycles. The molecule has 1 rings (SSSR count). The Morgan fingerprint density at radius 1 is 1.28 bits per heavy atom. The van der Waals surface area contributed by atoms with Gasteiger partial charge in [-0.2, -0.15) is 0 Å². The maximum absolute atomic E-state index is 11.8. The third-order valence-corrected chi connectivity index (χ3v) is 3.41. The minimum Gasteiger partial charge on any atom is -0.353 e. The van der Waals surface area contributed by atoms with Crippen molar-refractivity contribution in [2.45, 2.75) is 58.5 Å². The number of nitrogens with one attached hydrogen (secondary N) is 2. The molecule has 1 heterocycles. The molecule has 106 valence electrons. The molecule has 0 atom stereocenters. The van der Waals surface area contributed by atoms with Crippen molar-refractivity contribution in [2.24, 2.45) is 0 Å². The zero-order valence-corrected chi connectivity index (χ0v) is 12.4. The van der Waals surface area contributed by atoms with Gasteiger partial charge in [-0.15, -0.1) is 0 Å². The van der Waals surface area contributed by atoms with Gasteiger partial charge in [0, 0.05) is 37.6 Å². The fourth-order valence-corrected chi connectivity index (χ4v) is 2.24. The van der Waals surface area contributed by atoms with Crippen molar-refractivity contribution in [3.63, 3.8) is 0 Å². The summed E-state index contributed by atoms with van der Waals surface area (Å²) in [5.74, 6) is 0.182. The molecule has 0 spiro atoms. The van der Waals surface area contributed by atoms with Gasteiger partial charge in [0.1, 0.15) is 0 Å². The highest BCUT2D eigenvalue weighted by Crippen LogP contribution is 2.09. The quantitative estimate of drug-likeness (QED) is 0.780. The Morgan fingerprint density at radius 2 is 1.89 bits per heavy atom. The third-order valence-electron chi connectivity index (χ3n) is 3.41. The van der Waals surface area contributed by atoms with Crippen LogP contribution in [0.25, 0.3) is 0 Å². The van der Waals surface area contributed by atoms with E-state index in [0.29, 0.717) is 12.5 Å². The van der Waals surface area contributed by atoms with E-state index in [1.54, 1.807) is 0 Å². The lowest BCUT2D eigenvalue weighted by atomic mass is 10.0. The van der Waals surface area contributed by atoms with E-state index in [9.17, 15) is 4.79 Å². The average Bonchev–Trinajstić information content (AvgIpc) is 2.28. The smallest absolute Gasteiger partial charge is 0.221 e. The van der Waals surface area contributed by atoms with Crippen LogP contribution in [-0.2, 0) is 4.79 Å². The van der Waals surface area contributed by atoms with Crippen LogP contribution in [0, 0.1) is 0 Å². The topological polar surface area (TPSA) is 44.4 Å². The molecule has 1 aliphatic heterocycles. The van der Waals surface area contributed by atoms with Gasteiger partial charge >= 0.3 is 0 Å². The van der Waals surface area contributed by atoms with E-state index in [1.165, 1.54) is 0 Å². The highest BCUT2D eigenvalue weighted by molar-refractivity contribution is 5.76. The standard InChI is InChI=1S/C14H29N3O/c1-5-17-10-7-12(8-11-17)16-13(18)6-9-15-14(2,3)4/h12,15H,5-11H2,1-4H3,(H,16,18). The maximum atomic E-state index is 11.8. The Labute approximate surface area is 111 Å². The van der Waals surface area contributed by atoms with E-state index in [-0.39, 0.29) is 11.4 Å². The molecule has 0 saturated carbocycles. The SMILES string of the molecule is CCN1CCC(NC(=O)CCNC(C)(C)C)CC1. The number of rotatable bonds is 5. The van der Waals surface area contributed by atoms with Crippen molar-refractivity contribution in [1.82, 2.24) is 15.5 Å². The van der Waals surface area contributed by atoms with Gasteiger partial charge in [-0.05, 0) is 40.2 Å². The van der Waals surface area contributed by atoms with Gasteiger partial charge in [-0.25, -0.2) is 0 Å². The van der Waals surface area contributed by atoms with Crippen LogP contribution in [0.2, 0.25) is 0 Å². The lowest BCUT2D eigenvalue weighted by Crippen LogP contribution is -2.45. The minimum atomic E-state index is 0.0900. The lowest BCUT2D eigenvalue weighted by Gasteiger charge is -2.31. The average molecular weight is 255 g/mol. The molecule has 1 saturated heterocycles. The zero-order chi connectivity index (χ0) is 13.6. The summed E-state index contributed by atoms with van der Waals surface area (Å²) in [5, 5.41) is 6.48. The van der Waals surface area contributed by atoms with E-state index < -0.39 is 0 Å². The Morgan fingerprint density at radius 3 is 2.39 bits per heavy atom. The first-order valence-electron chi connectivity index (χ1n) is 7.17. The van der Waals surface area contributed by atoms with Gasteiger partial charge in [0.25, 0.3) is 0 Å². The summed E-state index contributed by atoms with van der Waals surface area (Å²) in [7, 11) is 0. The molecular weight excluding hydrogens is 226 g/mol. The molecule has 2 N–H and O–H groups in total. The van der Waals surface area contributed by atoms with E-state index >= 15 is 0 Å². The van der Waals surface area contributed by atoms with Gasteiger partial charge in [-0.3, -0.25) is 4.79 Å². The van der Waals surface area contributed by atoms with E-state index in [0.717, 1.165) is 39.0 Å². The number of nitrogens with zero attached hydrogens (tertiary/aromatic N) is 1. The molecule has 0 aromatic rings. The molecule has 1 aliphatic rings. The summed E-state index contributed by atoms with van der Waals surface area (Å²) in [6.07, 6.45) is 2.75. The summed E-state index contributed by atoms with van der Waals surface area (Å²) >= 11 is 0. The maximum Gasteiger partial charge on any atom is 0.221 e. The van der Waals surface area contributed by atoms with Crippen molar-refractivity contribution >= 4 is 5.91 Å². The van der Waals surface area contributed by atoms with Gasteiger partial charge in [0.15, 0.2) is 0 Å². The Bertz CT molecular complexity index is 252. The fourth-order valence-electron chi connectivity index (χ4n) is 2.24. The van der Waals surface area contributed by atoms with Crippen LogP contribution in [0.5, 0.6) is 0 Å². The Hall–Kier alpha value is -0.610. The molecule has 0 unspecified atom stereocenters. The number of carbonyl (C=O) groups is 1. The predicted octanol–water partition coefficient (Wildman–Crippen LogP) is 1.37. The molecule has 0 aromatic carbocycles. The summed E-state index contributed by atoms with van der Waals surface area (Å²) in [4.78, 5) is 14.2. The number of likely N-dealkylation sites (tertiary alicyclic amines) is 1. The second-order valence-electron chi connectivity index (χ2n) is 6.20. The predicted molar refractivity (Wildman–Crippen MR) is 75.7 cm³/mol. The Balaban J connectivity index is 2.13. The third kappa shape index (κ3) is 6.36. The molecule has 18 heavy (non-hydrogen) atoms. The number of carbonyl (C=O) groups excluding carboxylic acids is 1. The first kappa shape index (κ1) is 15.4. The molecule has 1 fully saturated rings. The summed E-state index contributed by atoms with van der Waals surface area (Å²) in [5.41, 5.74) is 0.0900. The van der Waals surface area contributed by atoms with Crippen molar-refractivity contribution in [1.29, 1.82) is 0 Å². The van der Waals surface area contributed by atoms with Crippen LogP contribution in [0.4, 0.5) is 0 Å². The fraction of sp³-hybridized carbons (Fsp3) is 0.929. The number of hydrogen-bond donors (Lipinski definition) is 2. The number of hydrogen-bond acceptors (Lipinski definition) is 3. The van der Waals surface area contributed by atoms with Crippen molar-refractivity contribution in [2.75, 3.05) is 26.2 Å². The summed E-state index contributed by atoms with van der Waals surface area (Å²) in [6, 6.07) is 0.384. The number of amides is 1. The molecule has 0 aliphatic carbocycles. The van der Waals surface area contributed by atoms with E-state index in [2.05, 4.69) is 43.2 Å². The largest absolute Gasteiger partial charge is 0.353 e. The monoisotopic (exact) mass is 255 g/mol. The van der Waals surface area contributed by atoms with Gasteiger partial charge in [-0.1, -0.05) is 6.92 Å². The van der Waals surface area contributed by atoms with Crippen LogP contribution in [0.15, 0.2) is 0 Å².